The molecule has 0 spiro atoms. The number of carbonyl (C=O) groups excluding carboxylic acids is 1. The van der Waals surface area contributed by atoms with E-state index in [1.165, 1.54) is 19.3 Å². The zero-order valence-corrected chi connectivity index (χ0v) is 18.2. The number of ether oxygens (including phenoxy) is 1. The quantitative estimate of drug-likeness (QED) is 0.741. The van der Waals surface area contributed by atoms with E-state index in [-0.39, 0.29) is 5.92 Å². The molecule has 2 bridgehead atoms. The van der Waals surface area contributed by atoms with Crippen molar-refractivity contribution in [2.75, 3.05) is 13.1 Å². The smallest absolute Gasteiger partial charge is 0.224 e. The van der Waals surface area contributed by atoms with Crippen molar-refractivity contribution < 1.29 is 9.53 Å². The summed E-state index contributed by atoms with van der Waals surface area (Å²) in [6.45, 7) is 3.21. The molecular formula is C24H33N5O2. The Hall–Kier alpha value is -2.41. The van der Waals surface area contributed by atoms with Crippen molar-refractivity contribution in [1.82, 2.24) is 25.2 Å². The molecule has 2 aromatic rings. The highest BCUT2D eigenvalue weighted by molar-refractivity contribution is 5.79. The Morgan fingerprint density at radius 2 is 1.97 bits per heavy atom. The Bertz CT molecular complexity index is 864. The van der Waals surface area contributed by atoms with Crippen LogP contribution in [0.15, 0.2) is 36.5 Å². The van der Waals surface area contributed by atoms with Gasteiger partial charge in [0.1, 0.15) is 18.1 Å². The van der Waals surface area contributed by atoms with Gasteiger partial charge in [0.25, 0.3) is 0 Å². The third-order valence-electron chi connectivity index (χ3n) is 7.28. The SMILES string of the molecule is O=C(NC1CCCCC1)C1CN2CCC1CC2Cn1cc(COc2ccccc2)nn1. The van der Waals surface area contributed by atoms with E-state index in [0.717, 1.165) is 56.8 Å². The van der Waals surface area contributed by atoms with Gasteiger partial charge in [0, 0.05) is 18.6 Å². The van der Waals surface area contributed by atoms with Crippen LogP contribution in [0.3, 0.4) is 0 Å². The lowest BCUT2D eigenvalue weighted by atomic mass is 9.75. The van der Waals surface area contributed by atoms with E-state index in [9.17, 15) is 4.79 Å². The highest BCUT2D eigenvalue weighted by Crippen LogP contribution is 2.37. The predicted molar refractivity (Wildman–Crippen MR) is 117 cm³/mol. The van der Waals surface area contributed by atoms with Crippen molar-refractivity contribution in [1.29, 1.82) is 0 Å². The first-order valence-electron chi connectivity index (χ1n) is 11.9. The van der Waals surface area contributed by atoms with Crippen LogP contribution in [0.25, 0.3) is 0 Å². The number of fused-ring (bicyclic) bond motifs is 3. The summed E-state index contributed by atoms with van der Waals surface area (Å²) in [5.74, 6) is 1.77. The van der Waals surface area contributed by atoms with Crippen molar-refractivity contribution in [3.05, 3.63) is 42.2 Å². The minimum Gasteiger partial charge on any atom is -0.487 e. The molecule has 4 heterocycles. The lowest BCUT2D eigenvalue weighted by Crippen LogP contribution is -2.58. The first kappa shape index (κ1) is 20.5. The molecule has 7 heteroatoms. The number of nitrogens with zero attached hydrogens (tertiary/aromatic N) is 4. The number of hydrogen-bond acceptors (Lipinski definition) is 5. The molecule has 4 unspecified atom stereocenters. The van der Waals surface area contributed by atoms with Crippen molar-refractivity contribution in [2.45, 2.75) is 70.2 Å². The van der Waals surface area contributed by atoms with Crippen LogP contribution in [-0.4, -0.2) is 51.0 Å². The fourth-order valence-electron chi connectivity index (χ4n) is 5.56. The van der Waals surface area contributed by atoms with Gasteiger partial charge in [-0.2, -0.15) is 0 Å². The average molecular weight is 424 g/mol. The minimum atomic E-state index is 0.150. The number of amides is 1. The third-order valence-corrected chi connectivity index (χ3v) is 7.28. The standard InChI is InChI=1S/C24H33N5O2/c30-24(25-19-7-3-1-4-8-19)23-16-28-12-11-18(23)13-21(28)15-29-14-20(26-27-29)17-31-22-9-5-2-6-10-22/h2,5-6,9-10,14,18-19,21,23H,1,3-4,7-8,11-13,15-17H2,(H,25,30). The number of hydrogen-bond donors (Lipinski definition) is 1. The Labute approximate surface area is 184 Å². The normalized spacial score (nSPS) is 28.4. The van der Waals surface area contributed by atoms with Gasteiger partial charge in [0.05, 0.1) is 18.7 Å². The van der Waals surface area contributed by atoms with Gasteiger partial charge in [-0.05, 0) is 50.3 Å². The molecular weight excluding hydrogens is 390 g/mol. The molecule has 166 valence electrons. The molecule has 1 aromatic carbocycles. The monoisotopic (exact) mass is 423 g/mol. The molecule has 6 rings (SSSR count). The summed E-state index contributed by atoms with van der Waals surface area (Å²) in [5.41, 5.74) is 0.838. The summed E-state index contributed by atoms with van der Waals surface area (Å²) >= 11 is 0. The number of nitrogens with one attached hydrogen (secondary N) is 1. The summed E-state index contributed by atoms with van der Waals surface area (Å²) in [4.78, 5) is 15.4. The molecule has 1 amide bonds. The summed E-state index contributed by atoms with van der Waals surface area (Å²) in [7, 11) is 0. The lowest BCUT2D eigenvalue weighted by Gasteiger charge is -2.49. The fraction of sp³-hybridized carbons (Fsp3) is 0.625. The molecule has 1 N–H and O–H groups in total. The van der Waals surface area contributed by atoms with Crippen molar-refractivity contribution in [2.24, 2.45) is 11.8 Å². The van der Waals surface area contributed by atoms with Gasteiger partial charge in [0.15, 0.2) is 0 Å². The van der Waals surface area contributed by atoms with Crippen LogP contribution < -0.4 is 10.1 Å². The minimum absolute atomic E-state index is 0.150. The van der Waals surface area contributed by atoms with Crippen molar-refractivity contribution in [3.63, 3.8) is 0 Å². The molecule has 0 radical (unpaired) electrons. The van der Waals surface area contributed by atoms with Crippen molar-refractivity contribution >= 4 is 5.91 Å². The van der Waals surface area contributed by atoms with Gasteiger partial charge < -0.3 is 10.1 Å². The van der Waals surface area contributed by atoms with Gasteiger partial charge in [-0.1, -0.05) is 42.7 Å². The lowest BCUT2D eigenvalue weighted by molar-refractivity contribution is -0.134. The van der Waals surface area contributed by atoms with E-state index < -0.39 is 0 Å². The van der Waals surface area contributed by atoms with E-state index in [4.69, 9.17) is 4.74 Å². The molecule has 3 saturated heterocycles. The topological polar surface area (TPSA) is 72.3 Å². The van der Waals surface area contributed by atoms with Gasteiger partial charge in [0.2, 0.25) is 5.91 Å². The first-order chi connectivity index (χ1) is 15.2. The summed E-state index contributed by atoms with van der Waals surface area (Å²) in [6.07, 6.45) is 10.3. The molecule has 4 aliphatic rings. The van der Waals surface area contributed by atoms with Gasteiger partial charge in [-0.3, -0.25) is 14.4 Å². The first-order valence-corrected chi connectivity index (χ1v) is 11.9. The van der Waals surface area contributed by atoms with E-state index in [2.05, 4.69) is 20.5 Å². The van der Waals surface area contributed by atoms with Gasteiger partial charge >= 0.3 is 0 Å². The van der Waals surface area contributed by atoms with Crippen LogP contribution in [0.5, 0.6) is 5.75 Å². The number of benzene rings is 1. The highest BCUT2D eigenvalue weighted by Gasteiger charge is 2.43. The summed E-state index contributed by atoms with van der Waals surface area (Å²) in [5, 5.41) is 12.0. The number of rotatable bonds is 7. The fourth-order valence-corrected chi connectivity index (χ4v) is 5.56. The molecule has 1 aliphatic carbocycles. The third kappa shape index (κ3) is 4.92. The van der Waals surface area contributed by atoms with E-state index >= 15 is 0 Å². The van der Waals surface area contributed by atoms with Crippen LogP contribution >= 0.6 is 0 Å². The largest absolute Gasteiger partial charge is 0.487 e. The molecule has 7 nitrogen and oxygen atoms in total. The van der Waals surface area contributed by atoms with E-state index in [1.807, 2.05) is 41.2 Å². The van der Waals surface area contributed by atoms with Crippen LogP contribution in [-0.2, 0) is 17.9 Å². The van der Waals surface area contributed by atoms with Crippen LogP contribution in [0.2, 0.25) is 0 Å². The number of aromatic nitrogens is 3. The van der Waals surface area contributed by atoms with E-state index in [0.29, 0.717) is 30.5 Å². The number of piperidine rings is 3. The maximum absolute atomic E-state index is 12.9. The zero-order chi connectivity index (χ0) is 21.0. The Morgan fingerprint density at radius 3 is 2.74 bits per heavy atom. The Balaban J connectivity index is 1.13. The highest BCUT2D eigenvalue weighted by atomic mass is 16.5. The Kier molecular flexibility index (Phi) is 6.20. The van der Waals surface area contributed by atoms with E-state index in [1.54, 1.807) is 0 Å². The molecule has 31 heavy (non-hydrogen) atoms. The number of para-hydroxylation sites is 1. The predicted octanol–water partition coefficient (Wildman–Crippen LogP) is 3.02. The molecule has 4 atom stereocenters. The molecule has 1 saturated carbocycles. The summed E-state index contributed by atoms with van der Waals surface area (Å²) < 4.78 is 7.71. The molecule has 3 aliphatic heterocycles. The van der Waals surface area contributed by atoms with Crippen molar-refractivity contribution in [3.8, 4) is 5.75 Å². The second-order valence-corrected chi connectivity index (χ2v) is 9.42. The summed E-state index contributed by atoms with van der Waals surface area (Å²) in [6, 6.07) is 10.6. The number of carbonyl (C=O) groups is 1. The van der Waals surface area contributed by atoms with Crippen LogP contribution in [0, 0.1) is 11.8 Å². The maximum Gasteiger partial charge on any atom is 0.224 e. The second kappa shape index (κ2) is 9.39. The maximum atomic E-state index is 12.9. The Morgan fingerprint density at radius 1 is 1.13 bits per heavy atom. The molecule has 4 fully saturated rings. The second-order valence-electron chi connectivity index (χ2n) is 9.42. The zero-order valence-electron chi connectivity index (χ0n) is 18.2. The van der Waals surface area contributed by atoms with Crippen LogP contribution in [0.1, 0.15) is 50.6 Å². The molecule has 1 aromatic heterocycles. The van der Waals surface area contributed by atoms with Gasteiger partial charge in [-0.15, -0.1) is 5.10 Å². The van der Waals surface area contributed by atoms with Crippen LogP contribution in [0.4, 0.5) is 0 Å². The van der Waals surface area contributed by atoms with Gasteiger partial charge in [-0.25, -0.2) is 0 Å². The average Bonchev–Trinajstić information content (AvgIpc) is 3.27.